The van der Waals surface area contributed by atoms with E-state index in [0.717, 1.165) is 28.7 Å². The van der Waals surface area contributed by atoms with Crippen LogP contribution in [0.25, 0.3) is 0 Å². The Hall–Kier alpha value is -2.00. The molecule has 0 radical (unpaired) electrons. The lowest BCUT2D eigenvalue weighted by atomic mass is 10.2. The lowest BCUT2D eigenvalue weighted by Gasteiger charge is -2.22. The quantitative estimate of drug-likeness (QED) is 0.320. The Morgan fingerprint density at radius 2 is 1.93 bits per heavy atom. The van der Waals surface area contributed by atoms with Crippen molar-refractivity contribution in [1.82, 2.24) is 10.2 Å². The molecule has 0 aliphatic heterocycles. The van der Waals surface area contributed by atoms with Crippen molar-refractivity contribution in [2.24, 2.45) is 10.7 Å². The zero-order chi connectivity index (χ0) is 19.6. The van der Waals surface area contributed by atoms with Crippen LogP contribution in [-0.2, 0) is 17.9 Å². The molecule has 0 unspecified atom stereocenters. The summed E-state index contributed by atoms with van der Waals surface area (Å²) >= 11 is 5.95. The first-order valence-corrected chi connectivity index (χ1v) is 9.09. The van der Waals surface area contributed by atoms with Crippen molar-refractivity contribution in [3.05, 3.63) is 64.7 Å². The van der Waals surface area contributed by atoms with Gasteiger partial charge in [-0.25, -0.2) is 4.99 Å². The number of aliphatic imine (C=N–C) groups is 1. The third-order valence-corrected chi connectivity index (χ3v) is 3.97. The van der Waals surface area contributed by atoms with Gasteiger partial charge >= 0.3 is 0 Å². The van der Waals surface area contributed by atoms with Crippen molar-refractivity contribution in [2.75, 3.05) is 20.2 Å². The van der Waals surface area contributed by atoms with E-state index >= 15 is 0 Å². The zero-order valence-electron chi connectivity index (χ0n) is 16.0. The summed E-state index contributed by atoms with van der Waals surface area (Å²) in [5, 5.41) is 4.02. The number of carbonyl (C=O) groups excluding carboxylic acids is 1. The summed E-state index contributed by atoms with van der Waals surface area (Å²) in [4.78, 5) is 17.6. The smallest absolute Gasteiger partial charge is 0.255 e. The number of nitrogens with two attached hydrogens (primary N) is 1. The van der Waals surface area contributed by atoms with Gasteiger partial charge in [-0.15, -0.1) is 24.0 Å². The molecule has 0 spiro atoms. The maximum atomic E-state index is 10.8. The Kier molecular flexibility index (Phi) is 10.7. The molecule has 0 aliphatic rings. The first-order valence-electron chi connectivity index (χ1n) is 8.72. The lowest BCUT2D eigenvalue weighted by molar-refractivity contribution is -0.119. The molecule has 2 aromatic rings. The van der Waals surface area contributed by atoms with E-state index in [-0.39, 0.29) is 30.6 Å². The van der Waals surface area contributed by atoms with Gasteiger partial charge in [-0.05, 0) is 42.3 Å². The van der Waals surface area contributed by atoms with Crippen LogP contribution < -0.4 is 15.8 Å². The number of halogens is 2. The van der Waals surface area contributed by atoms with E-state index in [1.807, 2.05) is 56.4 Å². The van der Waals surface area contributed by atoms with Gasteiger partial charge in [-0.3, -0.25) is 4.79 Å². The number of hydrogen-bond donors (Lipinski definition) is 2. The van der Waals surface area contributed by atoms with Gasteiger partial charge in [0.1, 0.15) is 5.75 Å². The van der Waals surface area contributed by atoms with Gasteiger partial charge in [-0.2, -0.15) is 0 Å². The number of guanidine groups is 1. The Bertz CT molecular complexity index is 784. The molecule has 8 heteroatoms. The van der Waals surface area contributed by atoms with Crippen LogP contribution in [0.2, 0.25) is 5.02 Å². The van der Waals surface area contributed by atoms with E-state index in [1.54, 1.807) is 6.07 Å². The molecule has 0 aromatic heterocycles. The highest BCUT2D eigenvalue weighted by Crippen LogP contribution is 2.15. The second kappa shape index (κ2) is 12.5. The standard InChI is InChI=1S/C20H25ClN4O2.HI/c1-3-23-20(25(2)13-15-7-9-17(21)10-8-15)24-12-16-5-4-6-18(11-16)27-14-19(22)26;/h4-11H,3,12-14H2,1-2H3,(H2,22,26)(H,23,24);1H. The number of primary amides is 1. The maximum absolute atomic E-state index is 10.8. The number of rotatable bonds is 8. The summed E-state index contributed by atoms with van der Waals surface area (Å²) in [6, 6.07) is 15.2. The van der Waals surface area contributed by atoms with Crippen molar-refractivity contribution < 1.29 is 9.53 Å². The molecular weight excluding hydrogens is 491 g/mol. The number of hydrogen-bond acceptors (Lipinski definition) is 3. The number of amides is 1. The van der Waals surface area contributed by atoms with E-state index in [0.29, 0.717) is 18.8 Å². The van der Waals surface area contributed by atoms with Gasteiger partial charge < -0.3 is 20.7 Å². The third kappa shape index (κ3) is 8.35. The second-order valence-corrected chi connectivity index (χ2v) is 6.49. The molecule has 6 nitrogen and oxygen atoms in total. The van der Waals surface area contributed by atoms with Crippen molar-refractivity contribution in [3.63, 3.8) is 0 Å². The maximum Gasteiger partial charge on any atom is 0.255 e. The van der Waals surface area contributed by atoms with E-state index < -0.39 is 5.91 Å². The minimum Gasteiger partial charge on any atom is -0.484 e. The minimum absolute atomic E-state index is 0. The van der Waals surface area contributed by atoms with Crippen LogP contribution in [0, 0.1) is 0 Å². The fraction of sp³-hybridized carbons (Fsp3) is 0.300. The molecule has 0 saturated carbocycles. The summed E-state index contributed by atoms with van der Waals surface area (Å²) in [5.74, 6) is 0.897. The largest absolute Gasteiger partial charge is 0.484 e. The van der Waals surface area contributed by atoms with Gasteiger partial charge in [0.2, 0.25) is 0 Å². The molecule has 28 heavy (non-hydrogen) atoms. The lowest BCUT2D eigenvalue weighted by Crippen LogP contribution is -2.38. The number of nitrogens with zero attached hydrogens (tertiary/aromatic N) is 2. The van der Waals surface area contributed by atoms with Crippen LogP contribution in [0.3, 0.4) is 0 Å². The molecule has 0 aliphatic carbocycles. The van der Waals surface area contributed by atoms with Gasteiger partial charge in [0, 0.05) is 25.2 Å². The van der Waals surface area contributed by atoms with Gasteiger partial charge in [0.15, 0.2) is 12.6 Å². The molecule has 0 atom stereocenters. The summed E-state index contributed by atoms with van der Waals surface area (Å²) in [7, 11) is 1.99. The van der Waals surface area contributed by atoms with Gasteiger partial charge in [-0.1, -0.05) is 35.9 Å². The minimum atomic E-state index is -0.503. The van der Waals surface area contributed by atoms with Crippen LogP contribution in [-0.4, -0.2) is 37.0 Å². The Morgan fingerprint density at radius 1 is 1.21 bits per heavy atom. The van der Waals surface area contributed by atoms with Crippen molar-refractivity contribution in [3.8, 4) is 5.75 Å². The first-order chi connectivity index (χ1) is 13.0. The molecule has 3 N–H and O–H groups in total. The molecule has 152 valence electrons. The van der Waals surface area contributed by atoms with E-state index in [4.69, 9.17) is 27.1 Å². The number of carbonyl (C=O) groups is 1. The van der Waals surface area contributed by atoms with Crippen LogP contribution in [0.5, 0.6) is 5.75 Å². The molecule has 1 amide bonds. The summed E-state index contributed by atoms with van der Waals surface area (Å²) in [6.45, 7) is 3.86. The number of benzene rings is 2. The fourth-order valence-electron chi connectivity index (χ4n) is 2.46. The molecule has 2 aromatic carbocycles. The SMILES string of the molecule is CCNC(=NCc1cccc(OCC(N)=O)c1)N(C)Cc1ccc(Cl)cc1.I. The Morgan fingerprint density at radius 3 is 2.57 bits per heavy atom. The fourth-order valence-corrected chi connectivity index (χ4v) is 2.59. The second-order valence-electron chi connectivity index (χ2n) is 6.06. The average molecular weight is 517 g/mol. The third-order valence-electron chi connectivity index (χ3n) is 3.72. The molecule has 2 rings (SSSR count). The normalized spacial score (nSPS) is 10.8. The Balaban J connectivity index is 0.00000392. The summed E-state index contributed by atoms with van der Waals surface area (Å²) < 4.78 is 5.34. The molecule has 0 heterocycles. The van der Waals surface area contributed by atoms with Gasteiger partial charge in [0.25, 0.3) is 5.91 Å². The van der Waals surface area contributed by atoms with Crippen molar-refractivity contribution in [1.29, 1.82) is 0 Å². The molecule has 0 fully saturated rings. The van der Waals surface area contributed by atoms with Crippen molar-refractivity contribution in [2.45, 2.75) is 20.0 Å². The van der Waals surface area contributed by atoms with Crippen molar-refractivity contribution >= 4 is 47.4 Å². The summed E-state index contributed by atoms with van der Waals surface area (Å²) in [6.07, 6.45) is 0. The highest BCUT2D eigenvalue weighted by atomic mass is 127. The predicted octanol–water partition coefficient (Wildman–Crippen LogP) is 3.42. The average Bonchev–Trinajstić information content (AvgIpc) is 2.65. The number of ether oxygens (including phenoxy) is 1. The topological polar surface area (TPSA) is 80.0 Å². The van der Waals surface area contributed by atoms with E-state index in [9.17, 15) is 4.79 Å². The highest BCUT2D eigenvalue weighted by molar-refractivity contribution is 14.0. The van der Waals surface area contributed by atoms with Crippen LogP contribution in [0.1, 0.15) is 18.1 Å². The molecular formula is C20H26ClIN4O2. The summed E-state index contributed by atoms with van der Waals surface area (Å²) in [5.41, 5.74) is 7.23. The Labute approximate surface area is 188 Å². The molecule has 0 bridgehead atoms. The first kappa shape index (κ1) is 24.0. The highest BCUT2D eigenvalue weighted by Gasteiger charge is 2.07. The predicted molar refractivity (Wildman–Crippen MR) is 124 cm³/mol. The number of nitrogens with one attached hydrogen (secondary N) is 1. The molecule has 0 saturated heterocycles. The van der Waals surface area contributed by atoms with Crippen LogP contribution in [0.15, 0.2) is 53.5 Å². The van der Waals surface area contributed by atoms with E-state index in [2.05, 4.69) is 10.2 Å². The van der Waals surface area contributed by atoms with Crippen LogP contribution in [0.4, 0.5) is 0 Å². The monoisotopic (exact) mass is 516 g/mol. The van der Waals surface area contributed by atoms with Gasteiger partial charge in [0.05, 0.1) is 6.54 Å². The van der Waals surface area contributed by atoms with Crippen LogP contribution >= 0.6 is 35.6 Å². The van der Waals surface area contributed by atoms with E-state index in [1.165, 1.54) is 0 Å². The zero-order valence-corrected chi connectivity index (χ0v) is 19.1.